The first kappa shape index (κ1) is 31.8. The Morgan fingerprint density at radius 3 is 2.58 bits per heavy atom. The molecule has 226 valence electrons. The summed E-state index contributed by atoms with van der Waals surface area (Å²) >= 11 is 4.70. The van der Waals surface area contributed by atoms with Crippen LogP contribution in [0.1, 0.15) is 51.8 Å². The molecule has 4 rings (SSSR count). The highest BCUT2D eigenvalue weighted by atomic mass is 79.9. The van der Waals surface area contributed by atoms with E-state index in [1.807, 2.05) is 32.9 Å². The van der Waals surface area contributed by atoms with Crippen LogP contribution in [-0.4, -0.2) is 43.6 Å². The molecule has 0 radical (unpaired) electrons. The van der Waals surface area contributed by atoms with Crippen LogP contribution in [-0.2, 0) is 9.53 Å². The average Bonchev–Trinajstić information content (AvgIpc) is 3.26. The number of carbonyl (C=O) groups excluding carboxylic acids is 1. The second-order valence-corrected chi connectivity index (χ2v) is 11.5. The first-order valence-electron chi connectivity index (χ1n) is 13.6. The number of thiazole rings is 1. The van der Waals surface area contributed by atoms with Crippen molar-refractivity contribution in [1.82, 2.24) is 4.57 Å². The van der Waals surface area contributed by atoms with E-state index in [2.05, 4.69) is 20.9 Å². The zero-order chi connectivity index (χ0) is 31.3. The zero-order valence-electron chi connectivity index (χ0n) is 24.7. The van der Waals surface area contributed by atoms with Crippen LogP contribution in [0.3, 0.4) is 0 Å². The topological polar surface area (TPSA) is 121 Å². The molecule has 2 aromatic carbocycles. The van der Waals surface area contributed by atoms with Crippen LogP contribution in [0.2, 0.25) is 0 Å². The number of esters is 1. The fourth-order valence-corrected chi connectivity index (χ4v) is 6.26. The number of nitriles is 1. The molecule has 3 aromatic rings. The fraction of sp³-hybridized carbons (Fsp3) is 0.355. The van der Waals surface area contributed by atoms with Crippen molar-refractivity contribution in [2.75, 3.05) is 26.9 Å². The van der Waals surface area contributed by atoms with Gasteiger partial charge in [-0.2, -0.15) is 5.26 Å². The molecular weight excluding hydrogens is 638 g/mol. The van der Waals surface area contributed by atoms with Crippen LogP contribution in [0.5, 0.6) is 23.0 Å². The zero-order valence-corrected chi connectivity index (χ0v) is 27.1. The fourth-order valence-electron chi connectivity index (χ4n) is 4.64. The summed E-state index contributed by atoms with van der Waals surface area (Å²) in [5.74, 6) is 1.29. The van der Waals surface area contributed by atoms with Crippen molar-refractivity contribution in [3.63, 3.8) is 0 Å². The summed E-state index contributed by atoms with van der Waals surface area (Å²) in [6, 6.07) is 10.0. The summed E-state index contributed by atoms with van der Waals surface area (Å²) in [6.07, 6.45) is 1.65. The highest BCUT2D eigenvalue weighted by Gasteiger charge is 2.34. The van der Waals surface area contributed by atoms with Crippen LogP contribution in [0, 0.1) is 11.3 Å². The van der Waals surface area contributed by atoms with Crippen molar-refractivity contribution in [1.29, 1.82) is 5.26 Å². The Balaban J connectivity index is 1.92. The molecule has 0 unspecified atom stereocenters. The third-order valence-electron chi connectivity index (χ3n) is 6.29. The van der Waals surface area contributed by atoms with Crippen LogP contribution in [0.4, 0.5) is 0 Å². The second-order valence-electron chi connectivity index (χ2n) is 9.59. The lowest BCUT2D eigenvalue weighted by Gasteiger charge is -2.25. The lowest BCUT2D eigenvalue weighted by molar-refractivity contribution is -0.139. The quantitative estimate of drug-likeness (QED) is 0.270. The number of hydrogen-bond donors (Lipinski definition) is 0. The highest BCUT2D eigenvalue weighted by Crippen LogP contribution is 2.38. The Labute approximate surface area is 261 Å². The summed E-state index contributed by atoms with van der Waals surface area (Å²) in [5.41, 5.74) is 1.69. The van der Waals surface area contributed by atoms with E-state index >= 15 is 0 Å². The Morgan fingerprint density at radius 1 is 1.16 bits per heavy atom. The minimum absolute atomic E-state index is 0.0788. The number of methoxy groups -OCH3 is 1. The number of hydrogen-bond acceptors (Lipinski definition) is 10. The van der Waals surface area contributed by atoms with Gasteiger partial charge < -0.3 is 23.7 Å². The lowest BCUT2D eigenvalue weighted by atomic mass is 9.95. The van der Waals surface area contributed by atoms with Gasteiger partial charge in [0.2, 0.25) is 0 Å². The van der Waals surface area contributed by atoms with Crippen LogP contribution < -0.4 is 33.8 Å². The number of rotatable bonds is 11. The molecule has 0 fully saturated rings. The van der Waals surface area contributed by atoms with E-state index in [0.29, 0.717) is 60.2 Å². The number of ether oxygens (including phenoxy) is 5. The number of carbonyl (C=O) groups is 1. The van der Waals surface area contributed by atoms with Gasteiger partial charge in [0.25, 0.3) is 5.56 Å². The molecule has 0 bridgehead atoms. The van der Waals surface area contributed by atoms with Gasteiger partial charge in [-0.15, -0.1) is 0 Å². The van der Waals surface area contributed by atoms with Gasteiger partial charge in [-0.05, 0) is 92.0 Å². The minimum Gasteiger partial charge on any atom is -0.493 e. The Bertz CT molecular complexity index is 1790. The van der Waals surface area contributed by atoms with E-state index in [9.17, 15) is 9.59 Å². The van der Waals surface area contributed by atoms with E-state index in [1.54, 1.807) is 44.2 Å². The molecule has 0 aliphatic carbocycles. The molecule has 1 atom stereocenters. The predicted molar refractivity (Wildman–Crippen MR) is 166 cm³/mol. The van der Waals surface area contributed by atoms with Crippen molar-refractivity contribution < 1.29 is 28.5 Å². The number of allylic oxidation sites excluding steroid dienone is 1. The molecule has 10 nitrogen and oxygen atoms in total. The SMILES string of the molecule is CCOC(=O)C1=C(C)N=c2s/c(=C\c3cc(Br)c(OCC#N)c(OCC)c3)c(=O)n2[C@H]1c1ccc(OC(C)C)c(OC)c1. The van der Waals surface area contributed by atoms with Crippen molar-refractivity contribution in [3.05, 3.63) is 76.9 Å². The van der Waals surface area contributed by atoms with E-state index in [0.717, 1.165) is 0 Å². The van der Waals surface area contributed by atoms with Crippen molar-refractivity contribution >= 4 is 39.3 Å². The Morgan fingerprint density at radius 2 is 1.93 bits per heavy atom. The normalized spacial score (nSPS) is 14.6. The molecule has 1 aromatic heterocycles. The van der Waals surface area contributed by atoms with Crippen LogP contribution in [0.25, 0.3) is 6.08 Å². The molecule has 0 saturated carbocycles. The van der Waals surface area contributed by atoms with Crippen LogP contribution >= 0.6 is 27.3 Å². The molecular formula is C31H32BrN3O7S. The summed E-state index contributed by atoms with van der Waals surface area (Å²) < 4.78 is 30.7. The molecule has 43 heavy (non-hydrogen) atoms. The Hall–Kier alpha value is -4.08. The monoisotopic (exact) mass is 669 g/mol. The van der Waals surface area contributed by atoms with Gasteiger partial charge in [-0.3, -0.25) is 9.36 Å². The molecule has 0 N–H and O–H groups in total. The van der Waals surface area contributed by atoms with Gasteiger partial charge in [0.1, 0.15) is 6.07 Å². The molecule has 1 aliphatic rings. The van der Waals surface area contributed by atoms with Gasteiger partial charge in [-0.1, -0.05) is 17.4 Å². The van der Waals surface area contributed by atoms with E-state index < -0.39 is 12.0 Å². The molecule has 0 saturated heterocycles. The number of aromatic nitrogens is 1. The van der Waals surface area contributed by atoms with Crippen molar-refractivity contribution in [2.45, 2.75) is 46.8 Å². The second kappa shape index (κ2) is 13.9. The smallest absolute Gasteiger partial charge is 0.338 e. The van der Waals surface area contributed by atoms with Gasteiger partial charge in [-0.25, -0.2) is 9.79 Å². The first-order valence-corrected chi connectivity index (χ1v) is 15.2. The summed E-state index contributed by atoms with van der Waals surface area (Å²) in [4.78, 5) is 32.4. The maximum absolute atomic E-state index is 14.1. The average molecular weight is 671 g/mol. The maximum atomic E-state index is 14.1. The lowest BCUT2D eigenvalue weighted by Crippen LogP contribution is -2.40. The van der Waals surface area contributed by atoms with Gasteiger partial charge >= 0.3 is 5.97 Å². The van der Waals surface area contributed by atoms with Crippen molar-refractivity contribution in [3.8, 4) is 29.1 Å². The largest absolute Gasteiger partial charge is 0.493 e. The summed E-state index contributed by atoms with van der Waals surface area (Å²) in [5, 5.41) is 8.95. The molecule has 12 heteroatoms. The number of nitrogens with zero attached hydrogens (tertiary/aromatic N) is 3. The van der Waals surface area contributed by atoms with Gasteiger partial charge in [0.05, 0.1) is 52.7 Å². The van der Waals surface area contributed by atoms with Gasteiger partial charge in [0.15, 0.2) is 34.4 Å². The number of halogens is 1. The Kier molecular flexibility index (Phi) is 10.3. The first-order chi connectivity index (χ1) is 20.6. The highest BCUT2D eigenvalue weighted by molar-refractivity contribution is 9.10. The summed E-state index contributed by atoms with van der Waals surface area (Å²) in [6.45, 7) is 9.53. The van der Waals surface area contributed by atoms with Gasteiger partial charge in [0, 0.05) is 0 Å². The third-order valence-corrected chi connectivity index (χ3v) is 7.87. The molecule has 2 heterocycles. The number of benzene rings is 2. The number of fused-ring (bicyclic) bond motifs is 1. The molecule has 0 spiro atoms. The van der Waals surface area contributed by atoms with Crippen LogP contribution in [0.15, 0.2) is 55.9 Å². The predicted octanol–water partition coefficient (Wildman–Crippen LogP) is 4.66. The maximum Gasteiger partial charge on any atom is 0.338 e. The van der Waals surface area contributed by atoms with E-state index in [4.69, 9.17) is 28.9 Å². The van der Waals surface area contributed by atoms with Crippen molar-refractivity contribution in [2.24, 2.45) is 4.99 Å². The van der Waals surface area contributed by atoms with E-state index in [1.165, 1.54) is 23.0 Å². The third kappa shape index (κ3) is 6.78. The summed E-state index contributed by atoms with van der Waals surface area (Å²) in [7, 11) is 1.54. The molecule has 1 aliphatic heterocycles. The minimum atomic E-state index is -0.813. The molecule has 0 amide bonds. The van der Waals surface area contributed by atoms with E-state index in [-0.39, 0.29) is 30.5 Å². The standard InChI is InChI=1S/C31H32BrN3O7S/c1-7-39-24-14-19(13-21(32)28(24)41-12-11-33)15-25-29(36)35-27(20-9-10-22(42-17(3)4)23(16-20)38-6)26(30(37)40-8-2)18(5)34-31(35)43-25/h9-10,13-17,27H,7-8,12H2,1-6H3/b25-15-/t27-/m0/s1.